The van der Waals surface area contributed by atoms with Crippen molar-refractivity contribution in [3.63, 3.8) is 0 Å². The summed E-state index contributed by atoms with van der Waals surface area (Å²) in [6.45, 7) is 3.50. The molecule has 1 N–H and O–H groups in total. The van der Waals surface area contributed by atoms with E-state index >= 15 is 0 Å². The molecule has 0 saturated heterocycles. The Hall–Kier alpha value is -3.49. The zero-order chi connectivity index (χ0) is 24.7. The van der Waals surface area contributed by atoms with Crippen LogP contribution < -0.4 is 5.32 Å². The molecule has 34 heavy (non-hydrogen) atoms. The topological polar surface area (TPSA) is 79.4 Å². The van der Waals surface area contributed by atoms with Crippen LogP contribution in [0.15, 0.2) is 66.1 Å². The molecule has 178 valence electrons. The van der Waals surface area contributed by atoms with E-state index in [9.17, 15) is 27.6 Å². The first-order chi connectivity index (χ1) is 16.0. The fraction of sp³-hybridized carbons (Fsp3) is 0.360. The summed E-state index contributed by atoms with van der Waals surface area (Å²) in [6, 6.07) is 11.7. The molecule has 2 aliphatic rings. The Kier molecular flexibility index (Phi) is 5.83. The monoisotopic (exact) mass is 471 g/mol. The molecule has 1 atom stereocenters. The van der Waals surface area contributed by atoms with Gasteiger partial charge in [-0.2, -0.15) is 13.2 Å². The first-order valence-corrected chi connectivity index (χ1v) is 10.9. The van der Waals surface area contributed by atoms with Crippen LogP contribution in [-0.4, -0.2) is 45.7 Å². The number of nitrogens with one attached hydrogen (secondary N) is 1. The van der Waals surface area contributed by atoms with Crippen LogP contribution in [0.2, 0.25) is 0 Å². The molecule has 1 aromatic heterocycles. The summed E-state index contributed by atoms with van der Waals surface area (Å²) in [4.78, 5) is 44.3. The van der Waals surface area contributed by atoms with Crippen LogP contribution >= 0.6 is 0 Å². The lowest BCUT2D eigenvalue weighted by molar-refractivity contribution is -0.190. The smallest absolute Gasteiger partial charge is 0.326 e. The number of hydrogen-bond donors (Lipinski definition) is 1. The summed E-state index contributed by atoms with van der Waals surface area (Å²) >= 11 is 0. The molecular weight excluding hydrogens is 447 g/mol. The third-order valence-corrected chi connectivity index (χ3v) is 6.24. The van der Waals surface area contributed by atoms with E-state index in [2.05, 4.69) is 4.98 Å². The van der Waals surface area contributed by atoms with E-state index in [4.69, 9.17) is 0 Å². The zero-order valence-corrected chi connectivity index (χ0v) is 18.8. The Morgan fingerprint density at radius 3 is 2.41 bits per heavy atom. The number of Topliss-reactive ketones (excluding diaryl/α,β-unsaturated/α-hetero) is 1. The number of carbonyl (C=O) groups excluding carboxylic acids is 3. The van der Waals surface area contributed by atoms with Gasteiger partial charge in [-0.3, -0.25) is 19.4 Å². The number of amides is 2. The van der Waals surface area contributed by atoms with Gasteiger partial charge in [0.05, 0.1) is 11.1 Å². The zero-order valence-electron chi connectivity index (χ0n) is 18.8. The summed E-state index contributed by atoms with van der Waals surface area (Å²) < 4.78 is 44.3. The quantitative estimate of drug-likeness (QED) is 0.719. The van der Waals surface area contributed by atoms with Crippen molar-refractivity contribution in [1.29, 1.82) is 0 Å². The molecular formula is C25H24F3N3O3. The average Bonchev–Trinajstić information content (AvgIpc) is 3.00. The molecule has 4 rings (SSSR count). The number of halogens is 3. The highest BCUT2D eigenvalue weighted by atomic mass is 19.4. The SMILES string of the molecule is CC1(C)CC(=O)C2=C(C1)N(CCc1ccccc1)C(=O)[C@@]2(NC(=O)c1cccnc1)C(F)(F)F. The summed E-state index contributed by atoms with van der Waals surface area (Å²) in [7, 11) is 0. The van der Waals surface area contributed by atoms with Crippen LogP contribution in [0, 0.1) is 5.41 Å². The third-order valence-electron chi connectivity index (χ3n) is 6.24. The lowest BCUT2D eigenvalue weighted by atomic mass is 9.72. The van der Waals surface area contributed by atoms with E-state index in [0.717, 1.165) is 16.7 Å². The van der Waals surface area contributed by atoms with Crippen molar-refractivity contribution < 1.29 is 27.6 Å². The van der Waals surface area contributed by atoms with Gasteiger partial charge >= 0.3 is 6.18 Å². The molecule has 0 fully saturated rings. The second kappa shape index (κ2) is 8.38. The van der Waals surface area contributed by atoms with Crippen molar-refractivity contribution in [3.05, 3.63) is 77.3 Å². The van der Waals surface area contributed by atoms with Gasteiger partial charge in [0.2, 0.25) is 5.54 Å². The van der Waals surface area contributed by atoms with Crippen LogP contribution in [0.3, 0.4) is 0 Å². The number of nitrogens with zero attached hydrogens (tertiary/aromatic N) is 2. The van der Waals surface area contributed by atoms with Crippen LogP contribution in [0.25, 0.3) is 0 Å². The molecule has 6 nitrogen and oxygen atoms in total. The second-order valence-electron chi connectivity index (χ2n) is 9.40. The van der Waals surface area contributed by atoms with Crippen molar-refractivity contribution in [3.8, 4) is 0 Å². The van der Waals surface area contributed by atoms with Gasteiger partial charge < -0.3 is 10.2 Å². The highest BCUT2D eigenvalue weighted by molar-refractivity contribution is 6.14. The molecule has 1 aliphatic carbocycles. The summed E-state index contributed by atoms with van der Waals surface area (Å²) in [5.74, 6) is -3.27. The normalized spacial score (nSPS) is 22.1. The Balaban J connectivity index is 1.81. The van der Waals surface area contributed by atoms with Gasteiger partial charge in [0.25, 0.3) is 11.8 Å². The van der Waals surface area contributed by atoms with E-state index in [1.807, 2.05) is 23.5 Å². The van der Waals surface area contributed by atoms with Crippen LogP contribution in [-0.2, 0) is 16.0 Å². The van der Waals surface area contributed by atoms with Gasteiger partial charge in [0.1, 0.15) is 0 Å². The van der Waals surface area contributed by atoms with E-state index in [-0.39, 0.29) is 30.6 Å². The molecule has 9 heteroatoms. The number of pyridine rings is 1. The maximum absolute atomic E-state index is 14.8. The van der Waals surface area contributed by atoms with Gasteiger partial charge in [-0.15, -0.1) is 0 Å². The summed E-state index contributed by atoms with van der Waals surface area (Å²) in [5.41, 5.74) is -4.02. The highest BCUT2D eigenvalue weighted by Crippen LogP contribution is 2.51. The maximum atomic E-state index is 14.8. The standard InChI is InChI=1S/C25H24F3N3O3/c1-23(2)13-18-20(19(32)14-23)24(25(26,27)28,30-21(33)17-9-6-11-29-15-17)22(34)31(18)12-10-16-7-4-3-5-8-16/h3-9,11,15H,10,12-14H2,1-2H3,(H,30,33)/t24-/m1/s1. The van der Waals surface area contributed by atoms with E-state index in [1.54, 1.807) is 26.0 Å². The van der Waals surface area contributed by atoms with Crippen molar-refractivity contribution in [1.82, 2.24) is 15.2 Å². The van der Waals surface area contributed by atoms with Crippen molar-refractivity contribution in [2.75, 3.05) is 6.54 Å². The van der Waals surface area contributed by atoms with Gasteiger partial charge in [-0.05, 0) is 36.0 Å². The maximum Gasteiger partial charge on any atom is 0.425 e. The molecule has 2 heterocycles. The second-order valence-corrected chi connectivity index (χ2v) is 9.40. The Bertz CT molecular complexity index is 1160. The molecule has 0 unspecified atom stereocenters. The minimum atomic E-state index is -5.23. The molecule has 0 bridgehead atoms. The van der Waals surface area contributed by atoms with Gasteiger partial charge in [0.15, 0.2) is 5.78 Å². The minimum absolute atomic E-state index is 0.0333. The number of aromatic nitrogens is 1. The van der Waals surface area contributed by atoms with E-state index < -0.39 is 40.3 Å². The molecule has 2 amide bonds. The van der Waals surface area contributed by atoms with Crippen LogP contribution in [0.5, 0.6) is 0 Å². The lowest BCUT2D eigenvalue weighted by Crippen LogP contribution is -2.66. The highest BCUT2D eigenvalue weighted by Gasteiger charge is 2.71. The van der Waals surface area contributed by atoms with Gasteiger partial charge in [-0.25, -0.2) is 0 Å². The molecule has 0 radical (unpaired) electrons. The fourth-order valence-electron chi connectivity index (χ4n) is 4.69. The third kappa shape index (κ3) is 3.99. The van der Waals surface area contributed by atoms with Gasteiger partial charge in [0, 0.05) is 31.1 Å². The number of allylic oxidation sites excluding steroid dienone is 1. The van der Waals surface area contributed by atoms with Gasteiger partial charge in [-0.1, -0.05) is 44.2 Å². The number of benzene rings is 1. The fourth-order valence-corrected chi connectivity index (χ4v) is 4.69. The Morgan fingerprint density at radius 1 is 1.09 bits per heavy atom. The number of carbonyl (C=O) groups is 3. The first-order valence-electron chi connectivity index (χ1n) is 10.9. The number of rotatable bonds is 5. The molecule has 1 aromatic carbocycles. The molecule has 2 aromatic rings. The first kappa shape index (κ1) is 23.7. The van der Waals surface area contributed by atoms with Crippen LogP contribution in [0.4, 0.5) is 13.2 Å². The predicted octanol–water partition coefficient (Wildman–Crippen LogP) is 3.84. The number of hydrogen-bond acceptors (Lipinski definition) is 4. The molecule has 0 spiro atoms. The average molecular weight is 471 g/mol. The molecule has 0 saturated carbocycles. The van der Waals surface area contributed by atoms with Crippen molar-refractivity contribution >= 4 is 17.6 Å². The summed E-state index contributed by atoms with van der Waals surface area (Å²) in [5, 5.41) is 1.91. The number of alkyl halides is 3. The van der Waals surface area contributed by atoms with Crippen LogP contribution in [0.1, 0.15) is 42.6 Å². The van der Waals surface area contributed by atoms with Crippen molar-refractivity contribution in [2.24, 2.45) is 5.41 Å². The minimum Gasteiger partial charge on any atom is -0.326 e. The predicted molar refractivity (Wildman–Crippen MR) is 117 cm³/mol. The van der Waals surface area contributed by atoms with Crippen molar-refractivity contribution in [2.45, 2.75) is 44.8 Å². The lowest BCUT2D eigenvalue weighted by Gasteiger charge is -2.35. The Morgan fingerprint density at radius 2 is 1.79 bits per heavy atom. The molecule has 1 aliphatic heterocycles. The van der Waals surface area contributed by atoms with E-state index in [0.29, 0.717) is 6.42 Å². The van der Waals surface area contributed by atoms with E-state index in [1.165, 1.54) is 18.3 Å². The summed E-state index contributed by atoms with van der Waals surface area (Å²) in [6.07, 6.45) is -2.52. The largest absolute Gasteiger partial charge is 0.425 e. The Labute approximate surface area is 194 Å². The number of ketones is 1.